The van der Waals surface area contributed by atoms with E-state index in [2.05, 4.69) is 10.1 Å². The van der Waals surface area contributed by atoms with Gasteiger partial charge in [-0.05, 0) is 49.4 Å². The first kappa shape index (κ1) is 20.0. The van der Waals surface area contributed by atoms with Crippen molar-refractivity contribution in [1.29, 1.82) is 0 Å². The van der Waals surface area contributed by atoms with Gasteiger partial charge >= 0.3 is 0 Å². The summed E-state index contributed by atoms with van der Waals surface area (Å²) in [6.45, 7) is 1.66. The highest BCUT2D eigenvalue weighted by Gasteiger charge is 2.25. The van der Waals surface area contributed by atoms with Gasteiger partial charge in [-0.2, -0.15) is 4.98 Å². The highest BCUT2D eigenvalue weighted by molar-refractivity contribution is 7.99. The Bertz CT molecular complexity index is 1400. The van der Waals surface area contributed by atoms with Gasteiger partial charge in [-0.3, -0.25) is 14.9 Å². The summed E-state index contributed by atoms with van der Waals surface area (Å²) in [5, 5.41) is 15.1. The number of anilines is 1. The van der Waals surface area contributed by atoms with E-state index in [1.54, 1.807) is 31.0 Å². The molecule has 2 heterocycles. The normalized spacial score (nSPS) is 12.8. The molecule has 0 radical (unpaired) electrons. The molecule has 0 bridgehead atoms. The Labute approximate surface area is 187 Å². The maximum atomic E-state index is 12.8. The molecular weight excluding hydrogens is 428 g/mol. The van der Waals surface area contributed by atoms with Crippen molar-refractivity contribution in [2.24, 2.45) is 0 Å². The Morgan fingerprint density at radius 3 is 2.59 bits per heavy atom. The molecule has 0 aliphatic carbocycles. The monoisotopic (exact) mass is 444 g/mol. The maximum Gasteiger partial charge on any atom is 0.272 e. The third-order valence-electron chi connectivity index (χ3n) is 5.29. The van der Waals surface area contributed by atoms with Gasteiger partial charge in [0.25, 0.3) is 17.5 Å². The molecule has 0 unspecified atom stereocenters. The van der Waals surface area contributed by atoms with E-state index in [9.17, 15) is 14.9 Å². The lowest BCUT2D eigenvalue weighted by molar-refractivity contribution is -0.385. The van der Waals surface area contributed by atoms with E-state index >= 15 is 0 Å². The van der Waals surface area contributed by atoms with E-state index in [1.807, 2.05) is 42.5 Å². The summed E-state index contributed by atoms with van der Waals surface area (Å²) in [6.07, 6.45) is 0. The molecule has 1 amide bonds. The molecule has 1 aliphatic heterocycles. The van der Waals surface area contributed by atoms with E-state index in [4.69, 9.17) is 4.52 Å². The number of nitrogens with zero attached hydrogens (tertiary/aromatic N) is 4. The highest BCUT2D eigenvalue weighted by atomic mass is 32.2. The second-order valence-electron chi connectivity index (χ2n) is 7.33. The number of nitro benzene ring substituents is 1. The first-order chi connectivity index (χ1) is 15.4. The number of aromatic nitrogens is 2. The molecule has 9 heteroatoms. The van der Waals surface area contributed by atoms with Crippen LogP contribution in [0.5, 0.6) is 0 Å². The Balaban J connectivity index is 1.52. The molecule has 8 nitrogen and oxygen atoms in total. The zero-order valence-corrected chi connectivity index (χ0v) is 17.9. The Morgan fingerprint density at radius 1 is 1.03 bits per heavy atom. The van der Waals surface area contributed by atoms with Crippen molar-refractivity contribution in [3.05, 3.63) is 81.9 Å². The summed E-state index contributed by atoms with van der Waals surface area (Å²) in [4.78, 5) is 31.4. The molecule has 0 N–H and O–H groups in total. The topological polar surface area (TPSA) is 102 Å². The van der Waals surface area contributed by atoms with E-state index in [1.165, 1.54) is 17.8 Å². The summed E-state index contributed by atoms with van der Waals surface area (Å²) >= 11 is 1.52. The first-order valence-corrected chi connectivity index (χ1v) is 10.5. The Hall–Kier alpha value is -3.98. The predicted octanol–water partition coefficient (Wildman–Crippen LogP) is 5.36. The second kappa shape index (κ2) is 7.61. The van der Waals surface area contributed by atoms with Gasteiger partial charge in [-0.15, -0.1) is 0 Å². The fourth-order valence-corrected chi connectivity index (χ4v) is 4.75. The largest absolute Gasteiger partial charge is 0.334 e. The third-order valence-corrected chi connectivity index (χ3v) is 6.41. The zero-order valence-electron chi connectivity index (χ0n) is 17.1. The quantitative estimate of drug-likeness (QED) is 0.309. The van der Waals surface area contributed by atoms with Crippen LogP contribution in [0.1, 0.15) is 15.9 Å². The van der Waals surface area contributed by atoms with Gasteiger partial charge in [-0.25, -0.2) is 0 Å². The van der Waals surface area contributed by atoms with Crippen LogP contribution in [0, 0.1) is 17.0 Å². The molecule has 3 aromatic carbocycles. The van der Waals surface area contributed by atoms with Crippen LogP contribution in [-0.4, -0.2) is 28.0 Å². The predicted molar refractivity (Wildman–Crippen MR) is 120 cm³/mol. The smallest absolute Gasteiger partial charge is 0.272 e. The highest BCUT2D eigenvalue weighted by Crippen LogP contribution is 2.42. The zero-order chi connectivity index (χ0) is 22.4. The fraction of sp³-hybridized carbons (Fsp3) is 0.0870. The molecule has 0 saturated carbocycles. The minimum Gasteiger partial charge on any atom is -0.334 e. The molecule has 5 rings (SSSR count). The van der Waals surface area contributed by atoms with Gasteiger partial charge < -0.3 is 9.42 Å². The number of benzene rings is 3. The van der Waals surface area contributed by atoms with Crippen LogP contribution >= 0.6 is 11.8 Å². The number of carbonyl (C=O) groups is 1. The van der Waals surface area contributed by atoms with E-state index in [0.717, 1.165) is 21.0 Å². The van der Waals surface area contributed by atoms with Crippen LogP contribution in [-0.2, 0) is 0 Å². The molecule has 32 heavy (non-hydrogen) atoms. The Kier molecular flexibility index (Phi) is 4.75. The minimum atomic E-state index is -0.425. The summed E-state index contributed by atoms with van der Waals surface area (Å²) in [5.74, 6) is 0.610. The van der Waals surface area contributed by atoms with Crippen LogP contribution in [0.2, 0.25) is 0 Å². The molecule has 0 atom stereocenters. The van der Waals surface area contributed by atoms with Crippen molar-refractivity contribution < 1.29 is 14.2 Å². The second-order valence-corrected chi connectivity index (χ2v) is 8.41. The maximum absolute atomic E-state index is 12.8. The number of rotatable bonds is 3. The summed E-state index contributed by atoms with van der Waals surface area (Å²) < 4.78 is 5.42. The van der Waals surface area contributed by atoms with Crippen molar-refractivity contribution in [2.45, 2.75) is 16.7 Å². The van der Waals surface area contributed by atoms with Gasteiger partial charge in [0.05, 0.1) is 16.2 Å². The number of hydrogen-bond acceptors (Lipinski definition) is 7. The molecule has 0 saturated heterocycles. The van der Waals surface area contributed by atoms with Gasteiger partial charge in [0.15, 0.2) is 0 Å². The van der Waals surface area contributed by atoms with Crippen molar-refractivity contribution in [3.63, 3.8) is 0 Å². The van der Waals surface area contributed by atoms with E-state index in [0.29, 0.717) is 22.5 Å². The van der Waals surface area contributed by atoms with Gasteiger partial charge in [0, 0.05) is 39.6 Å². The minimum absolute atomic E-state index is 0.0372. The summed E-state index contributed by atoms with van der Waals surface area (Å²) in [6, 6.07) is 17.8. The number of amides is 1. The SMILES string of the molecule is Cc1cc(-c2nc(-c3ccc4c(c3)Sc3ccccc3C(=O)N4C)no2)ccc1[N+](=O)[O-]. The lowest BCUT2D eigenvalue weighted by atomic mass is 10.1. The van der Waals surface area contributed by atoms with Crippen molar-refractivity contribution in [2.75, 3.05) is 11.9 Å². The third kappa shape index (κ3) is 3.32. The van der Waals surface area contributed by atoms with Crippen LogP contribution in [0.15, 0.2) is 75.0 Å². The van der Waals surface area contributed by atoms with Crippen molar-refractivity contribution in [1.82, 2.24) is 10.1 Å². The molecule has 158 valence electrons. The van der Waals surface area contributed by atoms with Gasteiger partial charge in [-0.1, -0.05) is 29.1 Å². The van der Waals surface area contributed by atoms with Crippen molar-refractivity contribution >= 4 is 29.0 Å². The lowest BCUT2D eigenvalue weighted by Crippen LogP contribution is -2.25. The average molecular weight is 444 g/mol. The molecule has 0 spiro atoms. The number of aryl methyl sites for hydroxylation is 1. The van der Waals surface area contributed by atoms with Crippen LogP contribution in [0.4, 0.5) is 11.4 Å². The van der Waals surface area contributed by atoms with Gasteiger partial charge in [0.1, 0.15) is 0 Å². The van der Waals surface area contributed by atoms with Crippen LogP contribution in [0.25, 0.3) is 22.8 Å². The number of hydrogen-bond donors (Lipinski definition) is 0. The van der Waals surface area contributed by atoms with Gasteiger partial charge in [0.2, 0.25) is 5.82 Å². The molecule has 1 aromatic heterocycles. The first-order valence-electron chi connectivity index (χ1n) is 9.71. The van der Waals surface area contributed by atoms with Crippen LogP contribution in [0.3, 0.4) is 0 Å². The standard InChI is InChI=1S/C23H16N4O4S/c1-13-11-15(8-9-17(13)27(29)30)22-24-21(25-31-22)14-7-10-18-20(12-14)32-19-6-4-3-5-16(19)23(28)26(18)2/h3-12H,1-2H3. The van der Waals surface area contributed by atoms with Crippen molar-refractivity contribution in [3.8, 4) is 22.8 Å². The Morgan fingerprint density at radius 2 is 1.81 bits per heavy atom. The number of nitro groups is 1. The molecule has 1 aliphatic rings. The number of carbonyl (C=O) groups excluding carboxylic acids is 1. The molecular formula is C23H16N4O4S. The lowest BCUT2D eigenvalue weighted by Gasteiger charge is -2.17. The fourth-order valence-electron chi connectivity index (χ4n) is 3.60. The molecule has 4 aromatic rings. The van der Waals surface area contributed by atoms with E-state index in [-0.39, 0.29) is 17.5 Å². The number of fused-ring (bicyclic) bond motifs is 2. The molecule has 0 fully saturated rings. The summed E-state index contributed by atoms with van der Waals surface area (Å²) in [7, 11) is 1.76. The van der Waals surface area contributed by atoms with Crippen LogP contribution < -0.4 is 4.90 Å². The van der Waals surface area contributed by atoms with E-state index < -0.39 is 4.92 Å². The summed E-state index contributed by atoms with van der Waals surface area (Å²) in [5.41, 5.74) is 3.36. The average Bonchev–Trinajstić information content (AvgIpc) is 3.25.